The maximum absolute atomic E-state index is 11.6. The highest BCUT2D eigenvalue weighted by Crippen LogP contribution is 2.14. The van der Waals surface area contributed by atoms with Crippen LogP contribution in [0.1, 0.15) is 17.3 Å². The van der Waals surface area contributed by atoms with Gasteiger partial charge in [-0.3, -0.25) is 0 Å². The summed E-state index contributed by atoms with van der Waals surface area (Å²) in [7, 11) is -2.12. The van der Waals surface area contributed by atoms with Crippen molar-refractivity contribution in [2.75, 3.05) is 13.7 Å². The van der Waals surface area contributed by atoms with Gasteiger partial charge in [0.05, 0.1) is 29.0 Å². The molecule has 0 radical (unpaired) electrons. The first-order valence-electron chi connectivity index (χ1n) is 6.23. The summed E-state index contributed by atoms with van der Waals surface area (Å²) in [4.78, 5) is 11.7. The quantitative estimate of drug-likeness (QED) is 0.831. The van der Waals surface area contributed by atoms with E-state index in [0.29, 0.717) is 17.9 Å². The maximum atomic E-state index is 11.6. The van der Waals surface area contributed by atoms with Crippen LogP contribution in [0, 0.1) is 0 Å². The van der Waals surface area contributed by atoms with Crippen molar-refractivity contribution in [3.8, 4) is 5.69 Å². The van der Waals surface area contributed by atoms with Crippen molar-refractivity contribution in [1.29, 1.82) is 0 Å². The number of sulfonamides is 1. The molecular formula is C13H15N3O4S. The third kappa shape index (κ3) is 3.29. The number of benzene rings is 1. The Hall–Kier alpha value is -2.19. The molecule has 0 aliphatic rings. The Morgan fingerprint density at radius 3 is 2.57 bits per heavy atom. The van der Waals surface area contributed by atoms with E-state index in [0.717, 1.165) is 0 Å². The van der Waals surface area contributed by atoms with E-state index in [1.165, 1.54) is 36.3 Å². The summed E-state index contributed by atoms with van der Waals surface area (Å²) in [5.74, 6) is -0.446. The van der Waals surface area contributed by atoms with Gasteiger partial charge in [0.2, 0.25) is 10.0 Å². The van der Waals surface area contributed by atoms with Crippen molar-refractivity contribution in [2.45, 2.75) is 11.8 Å². The van der Waals surface area contributed by atoms with Crippen LogP contribution in [0.4, 0.5) is 0 Å². The van der Waals surface area contributed by atoms with Gasteiger partial charge in [-0.1, -0.05) is 0 Å². The van der Waals surface area contributed by atoms with Gasteiger partial charge in [0.15, 0.2) is 0 Å². The summed E-state index contributed by atoms with van der Waals surface area (Å²) >= 11 is 0. The molecule has 0 amide bonds. The number of aromatic nitrogens is 2. The molecule has 112 valence electrons. The van der Waals surface area contributed by atoms with Crippen LogP contribution in [0.15, 0.2) is 41.6 Å². The predicted octanol–water partition coefficient (Wildman–Crippen LogP) is 0.957. The lowest BCUT2D eigenvalue weighted by atomic mass is 10.3. The van der Waals surface area contributed by atoms with E-state index in [9.17, 15) is 13.2 Å². The summed E-state index contributed by atoms with van der Waals surface area (Å²) < 4.78 is 31.8. The molecule has 0 saturated carbocycles. The topological polar surface area (TPSA) is 90.3 Å². The van der Waals surface area contributed by atoms with Crippen LogP contribution in [-0.4, -0.2) is 37.8 Å². The Balaban J connectivity index is 2.26. The predicted molar refractivity (Wildman–Crippen MR) is 75.8 cm³/mol. The van der Waals surface area contributed by atoms with E-state index >= 15 is 0 Å². The molecule has 7 nitrogen and oxygen atoms in total. The lowest BCUT2D eigenvalue weighted by Gasteiger charge is -2.04. The number of esters is 1. The highest BCUT2D eigenvalue weighted by Gasteiger charge is 2.12. The first kappa shape index (κ1) is 15.2. The second kappa shape index (κ2) is 6.06. The summed E-state index contributed by atoms with van der Waals surface area (Å²) in [6.07, 6.45) is 2.93. The molecule has 1 aromatic heterocycles. The minimum Gasteiger partial charge on any atom is -0.462 e. The smallest absolute Gasteiger partial charge is 0.341 e. The van der Waals surface area contributed by atoms with Crippen molar-refractivity contribution in [3.05, 3.63) is 42.2 Å². The van der Waals surface area contributed by atoms with Gasteiger partial charge >= 0.3 is 5.97 Å². The molecule has 0 atom stereocenters. The standard InChI is InChI=1S/C13H15N3O4S/c1-3-20-13(17)10-8-15-16(9-10)11-4-6-12(7-5-11)21(18,19)14-2/h4-9,14H,3H2,1-2H3. The lowest BCUT2D eigenvalue weighted by molar-refractivity contribution is 0.0526. The first-order chi connectivity index (χ1) is 9.97. The Kier molecular flexibility index (Phi) is 4.39. The lowest BCUT2D eigenvalue weighted by Crippen LogP contribution is -2.18. The molecule has 0 aliphatic carbocycles. The van der Waals surface area contributed by atoms with Crippen LogP contribution >= 0.6 is 0 Å². The van der Waals surface area contributed by atoms with E-state index in [2.05, 4.69) is 9.82 Å². The van der Waals surface area contributed by atoms with Crippen molar-refractivity contribution in [2.24, 2.45) is 0 Å². The summed E-state index contributed by atoms with van der Waals surface area (Å²) in [6.45, 7) is 2.02. The third-order valence-electron chi connectivity index (χ3n) is 2.77. The number of carbonyl (C=O) groups is 1. The summed E-state index contributed by atoms with van der Waals surface area (Å²) in [6, 6.07) is 6.14. The van der Waals surface area contributed by atoms with E-state index in [1.54, 1.807) is 19.1 Å². The molecule has 8 heteroatoms. The van der Waals surface area contributed by atoms with Crippen LogP contribution in [-0.2, 0) is 14.8 Å². The van der Waals surface area contributed by atoms with Crippen molar-refractivity contribution in [1.82, 2.24) is 14.5 Å². The number of rotatable bonds is 5. The largest absolute Gasteiger partial charge is 0.462 e. The molecule has 2 aromatic rings. The van der Waals surface area contributed by atoms with Crippen LogP contribution in [0.5, 0.6) is 0 Å². The van der Waals surface area contributed by atoms with Crippen LogP contribution in [0.2, 0.25) is 0 Å². The summed E-state index contributed by atoms with van der Waals surface area (Å²) in [5, 5.41) is 4.05. The van der Waals surface area contributed by atoms with Gasteiger partial charge in [-0.15, -0.1) is 0 Å². The van der Waals surface area contributed by atoms with Crippen molar-refractivity contribution >= 4 is 16.0 Å². The van der Waals surface area contributed by atoms with Gasteiger partial charge in [0, 0.05) is 6.20 Å². The Morgan fingerprint density at radius 1 is 1.33 bits per heavy atom. The molecule has 0 spiro atoms. The summed E-state index contributed by atoms with van der Waals surface area (Å²) in [5.41, 5.74) is 0.976. The van der Waals surface area contributed by atoms with E-state index in [1.807, 2.05) is 0 Å². The van der Waals surface area contributed by atoms with Gasteiger partial charge in [-0.25, -0.2) is 22.6 Å². The van der Waals surface area contributed by atoms with Gasteiger partial charge in [-0.2, -0.15) is 5.10 Å². The third-order valence-corrected chi connectivity index (χ3v) is 4.20. The molecule has 1 N–H and O–H groups in total. The van der Waals surface area contributed by atoms with Crippen molar-refractivity contribution in [3.63, 3.8) is 0 Å². The second-order valence-corrected chi connectivity index (χ2v) is 5.98. The monoisotopic (exact) mass is 309 g/mol. The average Bonchev–Trinajstić information content (AvgIpc) is 2.97. The molecule has 0 fully saturated rings. The second-order valence-electron chi connectivity index (χ2n) is 4.10. The zero-order valence-electron chi connectivity index (χ0n) is 11.6. The van der Waals surface area contributed by atoms with Crippen LogP contribution < -0.4 is 4.72 Å². The molecule has 21 heavy (non-hydrogen) atoms. The molecular weight excluding hydrogens is 294 g/mol. The van der Waals surface area contributed by atoms with Gasteiger partial charge < -0.3 is 4.74 Å². The van der Waals surface area contributed by atoms with Gasteiger partial charge in [0.1, 0.15) is 0 Å². The average molecular weight is 309 g/mol. The minimum absolute atomic E-state index is 0.159. The minimum atomic E-state index is -3.47. The zero-order valence-corrected chi connectivity index (χ0v) is 12.4. The molecule has 0 saturated heterocycles. The number of ether oxygens (including phenoxy) is 1. The SMILES string of the molecule is CCOC(=O)c1cnn(-c2ccc(S(=O)(=O)NC)cc2)c1. The maximum Gasteiger partial charge on any atom is 0.341 e. The number of nitrogens with zero attached hydrogens (tertiary/aromatic N) is 2. The Morgan fingerprint density at radius 2 is 2.00 bits per heavy atom. The molecule has 0 unspecified atom stereocenters. The fourth-order valence-electron chi connectivity index (χ4n) is 1.68. The number of hydrogen-bond acceptors (Lipinski definition) is 5. The Bertz CT molecular complexity index is 735. The zero-order chi connectivity index (χ0) is 15.5. The number of nitrogens with one attached hydrogen (secondary N) is 1. The molecule has 0 aliphatic heterocycles. The van der Waals surface area contributed by atoms with Gasteiger partial charge in [0.25, 0.3) is 0 Å². The van der Waals surface area contributed by atoms with Crippen LogP contribution in [0.3, 0.4) is 0 Å². The van der Waals surface area contributed by atoms with E-state index in [-0.39, 0.29) is 4.90 Å². The molecule has 1 aromatic carbocycles. The normalized spacial score (nSPS) is 11.3. The first-order valence-corrected chi connectivity index (χ1v) is 7.72. The Labute approximate surface area is 122 Å². The fourth-order valence-corrected chi connectivity index (χ4v) is 2.41. The molecule has 2 rings (SSSR count). The van der Waals surface area contributed by atoms with Gasteiger partial charge in [-0.05, 0) is 38.2 Å². The molecule has 1 heterocycles. The number of carbonyl (C=O) groups excluding carboxylic acids is 1. The molecule has 0 bridgehead atoms. The van der Waals surface area contributed by atoms with Crippen molar-refractivity contribution < 1.29 is 17.9 Å². The highest BCUT2D eigenvalue weighted by molar-refractivity contribution is 7.89. The fraction of sp³-hybridized carbons (Fsp3) is 0.231. The van der Waals surface area contributed by atoms with E-state index < -0.39 is 16.0 Å². The van der Waals surface area contributed by atoms with E-state index in [4.69, 9.17) is 4.74 Å². The highest BCUT2D eigenvalue weighted by atomic mass is 32.2. The van der Waals surface area contributed by atoms with Crippen LogP contribution in [0.25, 0.3) is 5.69 Å². The number of hydrogen-bond donors (Lipinski definition) is 1.